The van der Waals surface area contributed by atoms with Crippen LogP contribution in [0.4, 0.5) is 0 Å². The molecule has 20 heavy (non-hydrogen) atoms. The molecule has 1 aromatic carbocycles. The number of nitrogens with one attached hydrogen (secondary N) is 1. The molecule has 1 heterocycles. The maximum absolute atomic E-state index is 5.86. The van der Waals surface area contributed by atoms with E-state index < -0.39 is 0 Å². The van der Waals surface area contributed by atoms with Crippen LogP contribution < -0.4 is 10.1 Å². The maximum atomic E-state index is 5.86. The minimum Gasteiger partial charge on any atom is -0.488 e. The van der Waals surface area contributed by atoms with Gasteiger partial charge >= 0.3 is 0 Å². The van der Waals surface area contributed by atoms with E-state index >= 15 is 0 Å². The minimum absolute atomic E-state index is 0.528. The molecule has 0 unspecified atom stereocenters. The van der Waals surface area contributed by atoms with Gasteiger partial charge in [-0.15, -0.1) is 0 Å². The first-order valence-corrected chi connectivity index (χ1v) is 7.69. The Bertz CT molecular complexity index is 590. The van der Waals surface area contributed by atoms with Gasteiger partial charge in [-0.2, -0.15) is 0 Å². The van der Waals surface area contributed by atoms with Crippen molar-refractivity contribution < 1.29 is 9.15 Å². The summed E-state index contributed by atoms with van der Waals surface area (Å²) in [4.78, 5) is 0. The van der Waals surface area contributed by atoms with E-state index in [0.29, 0.717) is 12.6 Å². The van der Waals surface area contributed by atoms with Crippen molar-refractivity contribution >= 4 is 15.9 Å². The van der Waals surface area contributed by atoms with Gasteiger partial charge in [-0.05, 0) is 59.5 Å². The van der Waals surface area contributed by atoms with Crippen LogP contribution in [0.2, 0.25) is 0 Å². The van der Waals surface area contributed by atoms with E-state index in [-0.39, 0.29) is 0 Å². The molecule has 0 aliphatic heterocycles. The summed E-state index contributed by atoms with van der Waals surface area (Å²) >= 11 is 3.53. The SMILES string of the molecule is Cc1ccc(OCc2ccoc2CNC2CC2)c(Br)c1. The molecule has 4 heteroatoms. The normalized spacial score (nSPS) is 14.5. The van der Waals surface area contributed by atoms with Gasteiger partial charge in [-0.1, -0.05) is 6.07 Å². The lowest BCUT2D eigenvalue weighted by Crippen LogP contribution is -2.16. The van der Waals surface area contributed by atoms with Crippen molar-refractivity contribution in [1.82, 2.24) is 5.32 Å². The topological polar surface area (TPSA) is 34.4 Å². The summed E-state index contributed by atoms with van der Waals surface area (Å²) in [5, 5.41) is 3.46. The van der Waals surface area contributed by atoms with Crippen LogP contribution in [-0.2, 0) is 13.2 Å². The van der Waals surface area contributed by atoms with Crippen molar-refractivity contribution in [2.45, 2.75) is 39.0 Å². The number of hydrogen-bond acceptors (Lipinski definition) is 3. The molecule has 0 amide bonds. The average Bonchev–Trinajstić information content (AvgIpc) is 3.14. The number of rotatable bonds is 6. The van der Waals surface area contributed by atoms with E-state index in [1.165, 1.54) is 18.4 Å². The summed E-state index contributed by atoms with van der Waals surface area (Å²) in [7, 11) is 0. The van der Waals surface area contributed by atoms with Gasteiger partial charge in [0.1, 0.15) is 18.1 Å². The molecule has 1 aromatic heterocycles. The first-order chi connectivity index (χ1) is 9.72. The highest BCUT2D eigenvalue weighted by molar-refractivity contribution is 9.10. The fourth-order valence-electron chi connectivity index (χ4n) is 2.05. The van der Waals surface area contributed by atoms with E-state index in [0.717, 1.165) is 28.1 Å². The summed E-state index contributed by atoms with van der Waals surface area (Å²) in [5.74, 6) is 1.83. The predicted molar refractivity (Wildman–Crippen MR) is 81.8 cm³/mol. The monoisotopic (exact) mass is 335 g/mol. The summed E-state index contributed by atoms with van der Waals surface area (Å²) in [6.45, 7) is 3.37. The molecule has 1 aliphatic rings. The number of ether oxygens (including phenoxy) is 1. The lowest BCUT2D eigenvalue weighted by molar-refractivity contribution is 0.299. The smallest absolute Gasteiger partial charge is 0.134 e. The third-order valence-corrected chi connectivity index (χ3v) is 4.06. The van der Waals surface area contributed by atoms with Crippen molar-refractivity contribution in [3.63, 3.8) is 0 Å². The first kappa shape index (κ1) is 13.7. The van der Waals surface area contributed by atoms with Gasteiger partial charge in [-0.25, -0.2) is 0 Å². The molecule has 3 nitrogen and oxygen atoms in total. The summed E-state index contributed by atoms with van der Waals surface area (Å²) in [5.41, 5.74) is 2.31. The molecule has 0 atom stereocenters. The first-order valence-electron chi connectivity index (χ1n) is 6.90. The zero-order chi connectivity index (χ0) is 13.9. The maximum Gasteiger partial charge on any atom is 0.134 e. The van der Waals surface area contributed by atoms with Crippen LogP contribution in [0.1, 0.15) is 29.7 Å². The Kier molecular flexibility index (Phi) is 4.13. The summed E-state index contributed by atoms with van der Waals surface area (Å²) in [6.07, 6.45) is 4.29. The molecule has 1 fully saturated rings. The molecule has 1 aliphatic carbocycles. The van der Waals surface area contributed by atoms with E-state index in [2.05, 4.69) is 34.2 Å². The van der Waals surface area contributed by atoms with Crippen LogP contribution in [0.5, 0.6) is 5.75 Å². The third-order valence-electron chi connectivity index (χ3n) is 3.44. The Labute approximate surface area is 127 Å². The van der Waals surface area contributed by atoms with Crippen LogP contribution in [-0.4, -0.2) is 6.04 Å². The highest BCUT2D eigenvalue weighted by atomic mass is 79.9. The second-order valence-corrected chi connectivity index (χ2v) is 6.10. The molecule has 3 rings (SSSR count). The number of hydrogen-bond donors (Lipinski definition) is 1. The molecule has 0 radical (unpaired) electrons. The Morgan fingerprint density at radius 2 is 2.20 bits per heavy atom. The van der Waals surface area contributed by atoms with E-state index in [1.807, 2.05) is 18.2 Å². The van der Waals surface area contributed by atoms with Gasteiger partial charge in [0.2, 0.25) is 0 Å². The standard InChI is InChI=1S/C16H18BrNO2/c1-11-2-5-15(14(17)8-11)20-10-12-6-7-19-16(12)9-18-13-3-4-13/h2,5-8,13,18H,3-4,9-10H2,1H3. The molecule has 0 spiro atoms. The molecule has 1 N–H and O–H groups in total. The zero-order valence-electron chi connectivity index (χ0n) is 11.5. The van der Waals surface area contributed by atoms with Crippen molar-refractivity contribution in [3.05, 3.63) is 51.9 Å². The Hall–Kier alpha value is -1.26. The zero-order valence-corrected chi connectivity index (χ0v) is 13.1. The molecule has 1 saturated carbocycles. The van der Waals surface area contributed by atoms with Crippen molar-refractivity contribution in [1.29, 1.82) is 0 Å². The van der Waals surface area contributed by atoms with Gasteiger partial charge in [0.05, 0.1) is 17.3 Å². The number of aryl methyl sites for hydroxylation is 1. The Balaban J connectivity index is 1.61. The predicted octanol–water partition coefficient (Wildman–Crippen LogP) is 4.18. The van der Waals surface area contributed by atoms with Gasteiger partial charge in [0.25, 0.3) is 0 Å². The molecular formula is C16H18BrNO2. The molecule has 0 saturated heterocycles. The van der Waals surface area contributed by atoms with Gasteiger partial charge < -0.3 is 14.5 Å². The average molecular weight is 336 g/mol. The second kappa shape index (κ2) is 6.02. The quantitative estimate of drug-likeness (QED) is 0.859. The van der Waals surface area contributed by atoms with Gasteiger partial charge in [0, 0.05) is 11.6 Å². The fraction of sp³-hybridized carbons (Fsp3) is 0.375. The Morgan fingerprint density at radius 1 is 1.35 bits per heavy atom. The highest BCUT2D eigenvalue weighted by Gasteiger charge is 2.21. The molecule has 2 aromatic rings. The lowest BCUT2D eigenvalue weighted by atomic mass is 10.2. The van der Waals surface area contributed by atoms with Crippen molar-refractivity contribution in [3.8, 4) is 5.75 Å². The van der Waals surface area contributed by atoms with Crippen molar-refractivity contribution in [2.24, 2.45) is 0 Å². The van der Waals surface area contributed by atoms with Gasteiger partial charge in [-0.3, -0.25) is 0 Å². The van der Waals surface area contributed by atoms with Crippen LogP contribution in [0, 0.1) is 6.92 Å². The molecule has 106 valence electrons. The van der Waals surface area contributed by atoms with Crippen LogP contribution in [0.15, 0.2) is 39.4 Å². The fourth-order valence-corrected chi connectivity index (χ4v) is 2.66. The van der Waals surface area contributed by atoms with E-state index in [9.17, 15) is 0 Å². The van der Waals surface area contributed by atoms with Crippen LogP contribution in [0.3, 0.4) is 0 Å². The van der Waals surface area contributed by atoms with Crippen LogP contribution in [0.25, 0.3) is 0 Å². The van der Waals surface area contributed by atoms with Crippen molar-refractivity contribution in [2.75, 3.05) is 0 Å². The highest BCUT2D eigenvalue weighted by Crippen LogP contribution is 2.27. The largest absolute Gasteiger partial charge is 0.488 e. The number of furan rings is 1. The summed E-state index contributed by atoms with van der Waals surface area (Å²) in [6, 6.07) is 8.75. The number of halogens is 1. The second-order valence-electron chi connectivity index (χ2n) is 5.25. The van der Waals surface area contributed by atoms with E-state index in [1.54, 1.807) is 6.26 Å². The lowest BCUT2D eigenvalue weighted by Gasteiger charge is -2.09. The summed E-state index contributed by atoms with van der Waals surface area (Å²) < 4.78 is 12.4. The molecular weight excluding hydrogens is 318 g/mol. The third kappa shape index (κ3) is 3.44. The minimum atomic E-state index is 0.528. The van der Waals surface area contributed by atoms with Crippen LogP contribution >= 0.6 is 15.9 Å². The molecule has 0 bridgehead atoms. The van der Waals surface area contributed by atoms with E-state index in [4.69, 9.17) is 9.15 Å². The van der Waals surface area contributed by atoms with Gasteiger partial charge in [0.15, 0.2) is 0 Å². The Morgan fingerprint density at radius 3 is 2.95 bits per heavy atom. The number of benzene rings is 1.